The van der Waals surface area contributed by atoms with Gasteiger partial charge in [0.2, 0.25) is 5.95 Å². The van der Waals surface area contributed by atoms with Gasteiger partial charge in [0, 0.05) is 43.2 Å². The van der Waals surface area contributed by atoms with E-state index in [2.05, 4.69) is 43.5 Å². The van der Waals surface area contributed by atoms with Crippen molar-refractivity contribution < 1.29 is 9.59 Å². The Morgan fingerprint density at radius 3 is 2.41 bits per heavy atom. The lowest BCUT2D eigenvalue weighted by Gasteiger charge is -2.37. The van der Waals surface area contributed by atoms with Gasteiger partial charge >= 0.3 is 6.03 Å². The third-order valence-corrected chi connectivity index (χ3v) is 7.45. The van der Waals surface area contributed by atoms with E-state index in [4.69, 9.17) is 0 Å². The average molecular weight is 523 g/mol. The second kappa shape index (κ2) is 10.3. The highest BCUT2D eigenvalue weighted by molar-refractivity contribution is 6.07. The van der Waals surface area contributed by atoms with Crippen LogP contribution in [0.4, 0.5) is 10.7 Å². The summed E-state index contributed by atoms with van der Waals surface area (Å²) in [6.07, 6.45) is 7.63. The highest BCUT2D eigenvalue weighted by Crippen LogP contribution is 2.32. The molecular weight excluding hydrogens is 492 g/mol. The van der Waals surface area contributed by atoms with Gasteiger partial charge in [0.05, 0.1) is 12.7 Å². The summed E-state index contributed by atoms with van der Waals surface area (Å²) in [5.74, 6) is 0.465. The highest BCUT2D eigenvalue weighted by Gasteiger charge is 2.52. The molecule has 198 valence electrons. The van der Waals surface area contributed by atoms with Crippen LogP contribution in [-0.2, 0) is 17.9 Å². The summed E-state index contributed by atoms with van der Waals surface area (Å²) < 4.78 is 1.86. The van der Waals surface area contributed by atoms with Crippen LogP contribution in [0.25, 0.3) is 22.4 Å². The first-order chi connectivity index (χ1) is 19.0. The maximum absolute atomic E-state index is 13.3. The molecule has 4 heterocycles. The number of amides is 3. The normalized spacial score (nSPS) is 16.6. The smallest absolute Gasteiger partial charge is 0.325 e. The molecule has 4 aromatic rings. The molecule has 2 saturated heterocycles. The van der Waals surface area contributed by atoms with E-state index in [1.807, 2.05) is 71.8 Å². The minimum absolute atomic E-state index is 0.151. The SMILES string of the molecule is CCCn1cc(-c2cccc(-c3cnc(N4CCC5(CC4)NC(=O)N(Cc4ccccc4)C5=O)nc3)c2)nn1. The van der Waals surface area contributed by atoms with Gasteiger partial charge in [0.15, 0.2) is 0 Å². The lowest BCUT2D eigenvalue weighted by molar-refractivity contribution is -0.132. The van der Waals surface area contributed by atoms with Crippen molar-refractivity contribution in [1.29, 1.82) is 0 Å². The Bertz CT molecular complexity index is 1480. The molecule has 6 rings (SSSR count). The van der Waals surface area contributed by atoms with Gasteiger partial charge in [0.1, 0.15) is 11.2 Å². The fourth-order valence-electron chi connectivity index (χ4n) is 5.27. The van der Waals surface area contributed by atoms with E-state index in [-0.39, 0.29) is 18.5 Å². The lowest BCUT2D eigenvalue weighted by Crippen LogP contribution is -2.55. The zero-order chi connectivity index (χ0) is 26.8. The van der Waals surface area contributed by atoms with Crippen LogP contribution in [0.2, 0.25) is 0 Å². The van der Waals surface area contributed by atoms with Gasteiger partial charge in [-0.05, 0) is 36.5 Å². The van der Waals surface area contributed by atoms with E-state index in [1.165, 1.54) is 4.90 Å². The van der Waals surface area contributed by atoms with E-state index in [0.29, 0.717) is 31.9 Å². The Morgan fingerprint density at radius 1 is 0.923 bits per heavy atom. The molecule has 2 aromatic heterocycles. The van der Waals surface area contributed by atoms with E-state index in [1.54, 1.807) is 0 Å². The van der Waals surface area contributed by atoms with Crippen molar-refractivity contribution in [1.82, 2.24) is 35.2 Å². The number of nitrogens with zero attached hydrogens (tertiary/aromatic N) is 7. The van der Waals surface area contributed by atoms with Gasteiger partial charge in [-0.3, -0.25) is 14.4 Å². The van der Waals surface area contributed by atoms with Crippen molar-refractivity contribution in [3.8, 4) is 22.4 Å². The standard InChI is InChI=1S/C29H30N8O2/c1-2-13-36-20-25(33-34-36)23-10-6-9-22(16-23)24-17-30-27(31-18-24)35-14-11-29(12-15-35)26(38)37(28(39)32-29)19-21-7-4-3-5-8-21/h3-10,16-18,20H,2,11-15,19H2,1H3,(H,32,39). The summed E-state index contributed by atoms with van der Waals surface area (Å²) >= 11 is 0. The van der Waals surface area contributed by atoms with Crippen LogP contribution in [0.1, 0.15) is 31.7 Å². The summed E-state index contributed by atoms with van der Waals surface area (Å²) in [6, 6.07) is 17.4. The molecule has 3 amide bonds. The van der Waals surface area contributed by atoms with Crippen molar-refractivity contribution in [3.63, 3.8) is 0 Å². The Morgan fingerprint density at radius 2 is 1.67 bits per heavy atom. The quantitative estimate of drug-likeness (QED) is 0.367. The van der Waals surface area contributed by atoms with Crippen LogP contribution in [0.5, 0.6) is 0 Å². The number of aromatic nitrogens is 5. The monoisotopic (exact) mass is 522 g/mol. The van der Waals surface area contributed by atoms with Crippen molar-refractivity contribution in [3.05, 3.63) is 78.8 Å². The minimum atomic E-state index is -0.859. The summed E-state index contributed by atoms with van der Waals surface area (Å²) in [6.45, 7) is 4.38. The summed E-state index contributed by atoms with van der Waals surface area (Å²) in [4.78, 5) is 38.6. The fraction of sp³-hybridized carbons (Fsp3) is 0.310. The Hall–Kier alpha value is -4.60. The zero-order valence-corrected chi connectivity index (χ0v) is 21.8. The second-order valence-corrected chi connectivity index (χ2v) is 10.1. The molecule has 1 N–H and O–H groups in total. The van der Waals surface area contributed by atoms with Gasteiger partial charge in [-0.1, -0.05) is 60.7 Å². The van der Waals surface area contributed by atoms with Gasteiger partial charge in [-0.25, -0.2) is 14.8 Å². The number of benzene rings is 2. The minimum Gasteiger partial charge on any atom is -0.341 e. The van der Waals surface area contributed by atoms with Crippen LogP contribution in [-0.4, -0.2) is 60.4 Å². The maximum Gasteiger partial charge on any atom is 0.325 e. The Kier molecular flexibility index (Phi) is 6.52. The largest absolute Gasteiger partial charge is 0.341 e. The summed E-state index contributed by atoms with van der Waals surface area (Å²) in [7, 11) is 0. The first-order valence-corrected chi connectivity index (χ1v) is 13.3. The molecule has 0 unspecified atom stereocenters. The molecule has 1 spiro atoms. The Labute approximate surface area is 226 Å². The highest BCUT2D eigenvalue weighted by atomic mass is 16.2. The molecule has 10 heteroatoms. The molecule has 0 bridgehead atoms. The molecule has 0 saturated carbocycles. The van der Waals surface area contributed by atoms with Crippen molar-refractivity contribution in [2.45, 2.75) is 44.8 Å². The molecule has 2 aliphatic heterocycles. The number of anilines is 1. The molecule has 2 fully saturated rings. The first kappa shape index (κ1) is 24.7. The number of carbonyl (C=O) groups excluding carboxylic acids is 2. The van der Waals surface area contributed by atoms with E-state index in [9.17, 15) is 9.59 Å². The van der Waals surface area contributed by atoms with Crippen LogP contribution >= 0.6 is 0 Å². The molecular formula is C29H30N8O2. The van der Waals surface area contributed by atoms with Crippen LogP contribution in [0.3, 0.4) is 0 Å². The molecule has 0 radical (unpaired) electrons. The number of nitrogens with one attached hydrogen (secondary N) is 1. The number of urea groups is 1. The van der Waals surface area contributed by atoms with Gasteiger partial charge in [0.25, 0.3) is 5.91 Å². The van der Waals surface area contributed by atoms with Crippen molar-refractivity contribution in [2.24, 2.45) is 0 Å². The Balaban J connectivity index is 1.11. The molecule has 2 aliphatic rings. The molecule has 2 aromatic carbocycles. The van der Waals surface area contributed by atoms with Gasteiger partial charge < -0.3 is 10.2 Å². The number of piperidine rings is 1. The van der Waals surface area contributed by atoms with Gasteiger partial charge in [-0.2, -0.15) is 0 Å². The van der Waals surface area contributed by atoms with Crippen LogP contribution in [0, 0.1) is 0 Å². The number of imide groups is 1. The lowest BCUT2D eigenvalue weighted by atomic mass is 9.87. The third kappa shape index (κ3) is 4.85. The first-order valence-electron chi connectivity index (χ1n) is 13.3. The van der Waals surface area contributed by atoms with Crippen molar-refractivity contribution >= 4 is 17.9 Å². The maximum atomic E-state index is 13.3. The van der Waals surface area contributed by atoms with Crippen LogP contribution < -0.4 is 10.2 Å². The van der Waals surface area contributed by atoms with Gasteiger partial charge in [-0.15, -0.1) is 5.10 Å². The molecule has 0 atom stereocenters. The second-order valence-electron chi connectivity index (χ2n) is 10.1. The molecule has 0 aliphatic carbocycles. The number of rotatable bonds is 7. The number of hydrogen-bond acceptors (Lipinski definition) is 7. The average Bonchev–Trinajstić information content (AvgIpc) is 3.53. The predicted octanol–water partition coefficient (Wildman–Crippen LogP) is 3.90. The number of carbonyl (C=O) groups is 2. The molecule has 39 heavy (non-hydrogen) atoms. The van der Waals surface area contributed by atoms with E-state index in [0.717, 1.165) is 40.9 Å². The topological polar surface area (TPSA) is 109 Å². The fourth-order valence-corrected chi connectivity index (χ4v) is 5.27. The number of aryl methyl sites for hydroxylation is 1. The molecule has 10 nitrogen and oxygen atoms in total. The third-order valence-electron chi connectivity index (χ3n) is 7.45. The zero-order valence-electron chi connectivity index (χ0n) is 21.8. The number of hydrogen-bond donors (Lipinski definition) is 1. The summed E-state index contributed by atoms with van der Waals surface area (Å²) in [5.41, 5.74) is 3.80. The predicted molar refractivity (Wildman–Crippen MR) is 146 cm³/mol. The summed E-state index contributed by atoms with van der Waals surface area (Å²) in [5, 5.41) is 11.5. The van der Waals surface area contributed by atoms with Crippen molar-refractivity contribution in [2.75, 3.05) is 18.0 Å². The van der Waals surface area contributed by atoms with E-state index < -0.39 is 5.54 Å². The van der Waals surface area contributed by atoms with E-state index >= 15 is 0 Å². The van der Waals surface area contributed by atoms with Crippen LogP contribution in [0.15, 0.2) is 73.2 Å².